The molecule has 0 fully saturated rings. The SMILES string of the molecule is CCc1cnc(CCNC(=NC)NCc2cccc(C(=O)NC(C)CC)c2)s1.I. The van der Waals surface area contributed by atoms with Crippen LogP contribution in [0.3, 0.4) is 0 Å². The fourth-order valence-corrected chi connectivity index (χ4v) is 3.41. The van der Waals surface area contributed by atoms with E-state index in [2.05, 4.69) is 39.8 Å². The third-order valence-electron chi connectivity index (χ3n) is 4.44. The first kappa shape index (κ1) is 25.4. The van der Waals surface area contributed by atoms with E-state index in [-0.39, 0.29) is 35.9 Å². The fraction of sp³-hybridized carbons (Fsp3) is 0.476. The highest BCUT2D eigenvalue weighted by atomic mass is 127. The molecule has 1 aromatic carbocycles. The molecule has 0 aliphatic rings. The lowest BCUT2D eigenvalue weighted by molar-refractivity contribution is 0.0939. The van der Waals surface area contributed by atoms with Crippen LogP contribution in [0.4, 0.5) is 0 Å². The van der Waals surface area contributed by atoms with Gasteiger partial charge in [0.1, 0.15) is 0 Å². The molecule has 8 heteroatoms. The zero-order valence-corrected chi connectivity index (χ0v) is 20.8. The first-order valence-electron chi connectivity index (χ1n) is 9.83. The summed E-state index contributed by atoms with van der Waals surface area (Å²) in [7, 11) is 1.75. The van der Waals surface area contributed by atoms with E-state index in [0.29, 0.717) is 12.1 Å². The minimum absolute atomic E-state index is 0. The Morgan fingerprint density at radius 1 is 1.28 bits per heavy atom. The molecule has 160 valence electrons. The number of nitrogens with one attached hydrogen (secondary N) is 3. The molecule has 1 aromatic heterocycles. The molecule has 0 aliphatic carbocycles. The number of hydrogen-bond acceptors (Lipinski definition) is 4. The number of rotatable bonds is 9. The van der Waals surface area contributed by atoms with Gasteiger partial charge in [-0.3, -0.25) is 9.79 Å². The standard InChI is InChI=1S/C21H31N5OS.HI/c1-5-15(3)26-20(27)17-9-7-8-16(12-17)13-25-21(22-4)23-11-10-19-24-14-18(6-2)28-19;/h7-9,12,14-15H,5-6,10-11,13H2,1-4H3,(H,26,27)(H2,22,23,25);1H. The second-order valence-electron chi connectivity index (χ2n) is 6.66. The van der Waals surface area contributed by atoms with E-state index in [0.717, 1.165) is 42.3 Å². The van der Waals surface area contributed by atoms with Crippen LogP contribution in [0.25, 0.3) is 0 Å². The van der Waals surface area contributed by atoms with Gasteiger partial charge in [-0.2, -0.15) is 0 Å². The summed E-state index contributed by atoms with van der Waals surface area (Å²) in [6.45, 7) is 7.58. The van der Waals surface area contributed by atoms with Gasteiger partial charge in [0.05, 0.1) is 5.01 Å². The van der Waals surface area contributed by atoms with Crippen molar-refractivity contribution in [2.24, 2.45) is 4.99 Å². The number of hydrogen-bond donors (Lipinski definition) is 3. The van der Waals surface area contributed by atoms with Gasteiger partial charge in [-0.1, -0.05) is 26.0 Å². The van der Waals surface area contributed by atoms with Crippen LogP contribution in [0.15, 0.2) is 35.5 Å². The topological polar surface area (TPSA) is 78.4 Å². The molecule has 1 heterocycles. The monoisotopic (exact) mass is 529 g/mol. The Morgan fingerprint density at radius 2 is 2.07 bits per heavy atom. The normalized spacial score (nSPS) is 12.1. The number of benzene rings is 1. The number of thiazole rings is 1. The van der Waals surface area contributed by atoms with Crippen molar-refractivity contribution in [1.29, 1.82) is 0 Å². The molecular weight excluding hydrogens is 497 g/mol. The minimum atomic E-state index is -0.0337. The molecule has 2 aromatic rings. The molecule has 0 aliphatic heterocycles. The van der Waals surface area contributed by atoms with Gasteiger partial charge in [0.2, 0.25) is 0 Å². The van der Waals surface area contributed by atoms with Gasteiger partial charge in [0, 0.05) is 49.2 Å². The molecule has 0 radical (unpaired) electrons. The van der Waals surface area contributed by atoms with Crippen molar-refractivity contribution in [3.8, 4) is 0 Å². The zero-order chi connectivity index (χ0) is 20.4. The Labute approximate surface area is 195 Å². The summed E-state index contributed by atoms with van der Waals surface area (Å²) < 4.78 is 0. The van der Waals surface area contributed by atoms with Crippen molar-refractivity contribution in [3.63, 3.8) is 0 Å². The van der Waals surface area contributed by atoms with E-state index >= 15 is 0 Å². The maximum Gasteiger partial charge on any atom is 0.251 e. The lowest BCUT2D eigenvalue weighted by Crippen LogP contribution is -2.38. The first-order chi connectivity index (χ1) is 13.5. The quantitative estimate of drug-likeness (QED) is 0.263. The lowest BCUT2D eigenvalue weighted by atomic mass is 10.1. The third kappa shape index (κ3) is 8.69. The van der Waals surface area contributed by atoms with E-state index in [1.165, 1.54) is 4.88 Å². The molecule has 1 amide bonds. The Morgan fingerprint density at radius 3 is 2.72 bits per heavy atom. The summed E-state index contributed by atoms with van der Waals surface area (Å²) >= 11 is 1.76. The van der Waals surface area contributed by atoms with Crippen LogP contribution in [0.5, 0.6) is 0 Å². The summed E-state index contributed by atoms with van der Waals surface area (Å²) in [5.41, 5.74) is 1.71. The van der Waals surface area contributed by atoms with Gasteiger partial charge in [-0.25, -0.2) is 4.98 Å². The van der Waals surface area contributed by atoms with E-state index < -0.39 is 0 Å². The summed E-state index contributed by atoms with van der Waals surface area (Å²) in [4.78, 5) is 22.3. The molecule has 1 unspecified atom stereocenters. The van der Waals surface area contributed by atoms with Crippen molar-refractivity contribution < 1.29 is 4.79 Å². The molecule has 29 heavy (non-hydrogen) atoms. The van der Waals surface area contributed by atoms with E-state index in [4.69, 9.17) is 0 Å². The highest BCUT2D eigenvalue weighted by Crippen LogP contribution is 2.13. The number of nitrogens with zero attached hydrogens (tertiary/aromatic N) is 2. The van der Waals surface area contributed by atoms with Crippen LogP contribution in [0, 0.1) is 0 Å². The number of halogens is 1. The number of guanidine groups is 1. The molecule has 1 atom stereocenters. The van der Waals surface area contributed by atoms with Gasteiger partial charge in [-0.05, 0) is 37.5 Å². The summed E-state index contributed by atoms with van der Waals surface area (Å²) in [5, 5.41) is 10.7. The number of aromatic nitrogens is 1. The maximum absolute atomic E-state index is 12.3. The van der Waals surface area contributed by atoms with Crippen LogP contribution in [-0.4, -0.2) is 36.5 Å². The van der Waals surface area contributed by atoms with E-state index in [1.807, 2.05) is 37.4 Å². The zero-order valence-electron chi connectivity index (χ0n) is 17.6. The molecular formula is C21H32IN5OS. The maximum atomic E-state index is 12.3. The van der Waals surface area contributed by atoms with Gasteiger partial charge in [0.15, 0.2) is 5.96 Å². The second kappa shape index (κ2) is 13.5. The second-order valence-corrected chi connectivity index (χ2v) is 7.86. The molecule has 0 spiro atoms. The number of amides is 1. The number of carbonyl (C=O) groups excluding carboxylic acids is 1. The summed E-state index contributed by atoms with van der Waals surface area (Å²) in [5.74, 6) is 0.704. The van der Waals surface area contributed by atoms with Crippen molar-refractivity contribution >= 4 is 47.2 Å². The highest BCUT2D eigenvalue weighted by Gasteiger charge is 2.09. The summed E-state index contributed by atoms with van der Waals surface area (Å²) in [6, 6.07) is 7.84. The van der Waals surface area contributed by atoms with Gasteiger partial charge in [-0.15, -0.1) is 35.3 Å². The number of carbonyl (C=O) groups is 1. The predicted octanol–water partition coefficient (Wildman–Crippen LogP) is 3.76. The Bertz CT molecular complexity index is 793. The van der Waals surface area contributed by atoms with Gasteiger partial charge in [0.25, 0.3) is 5.91 Å². The van der Waals surface area contributed by atoms with Crippen LogP contribution < -0.4 is 16.0 Å². The number of aryl methyl sites for hydroxylation is 1. The number of aliphatic imine (C=N–C) groups is 1. The van der Waals surface area contributed by atoms with Crippen molar-refractivity contribution in [1.82, 2.24) is 20.9 Å². The third-order valence-corrected chi connectivity index (χ3v) is 5.65. The smallest absolute Gasteiger partial charge is 0.251 e. The van der Waals surface area contributed by atoms with Crippen LogP contribution >= 0.6 is 35.3 Å². The lowest BCUT2D eigenvalue weighted by Gasteiger charge is -2.13. The van der Waals surface area contributed by atoms with Crippen molar-refractivity contribution in [2.45, 2.75) is 52.6 Å². The molecule has 0 saturated heterocycles. The average molecular weight is 529 g/mol. The molecule has 6 nitrogen and oxygen atoms in total. The molecule has 0 saturated carbocycles. The predicted molar refractivity (Wildman–Crippen MR) is 132 cm³/mol. The van der Waals surface area contributed by atoms with E-state index in [9.17, 15) is 4.79 Å². The van der Waals surface area contributed by atoms with Gasteiger partial charge < -0.3 is 16.0 Å². The van der Waals surface area contributed by atoms with Crippen LogP contribution in [-0.2, 0) is 19.4 Å². The van der Waals surface area contributed by atoms with Crippen molar-refractivity contribution in [2.75, 3.05) is 13.6 Å². The van der Waals surface area contributed by atoms with Crippen molar-refractivity contribution in [3.05, 3.63) is 51.5 Å². The highest BCUT2D eigenvalue weighted by molar-refractivity contribution is 14.0. The largest absolute Gasteiger partial charge is 0.356 e. The Hall–Kier alpha value is -1.68. The molecule has 3 N–H and O–H groups in total. The van der Waals surface area contributed by atoms with Gasteiger partial charge >= 0.3 is 0 Å². The summed E-state index contributed by atoms with van der Waals surface area (Å²) in [6.07, 6.45) is 4.77. The first-order valence-corrected chi connectivity index (χ1v) is 10.6. The molecule has 2 rings (SSSR count). The van der Waals surface area contributed by atoms with E-state index in [1.54, 1.807) is 18.4 Å². The van der Waals surface area contributed by atoms with Crippen LogP contribution in [0.2, 0.25) is 0 Å². The Balaban J connectivity index is 0.00000420. The van der Waals surface area contributed by atoms with Crippen LogP contribution in [0.1, 0.15) is 53.0 Å². The molecule has 0 bridgehead atoms. The average Bonchev–Trinajstić information content (AvgIpc) is 3.18. The Kier molecular flexibility index (Phi) is 11.8. The fourth-order valence-electron chi connectivity index (χ4n) is 2.55. The minimum Gasteiger partial charge on any atom is -0.356 e.